The van der Waals surface area contributed by atoms with Crippen molar-refractivity contribution in [2.24, 2.45) is 0 Å². The van der Waals surface area contributed by atoms with Crippen LogP contribution in [0.15, 0.2) is 83.1 Å². The molecule has 0 unspecified atom stereocenters. The molecule has 0 saturated heterocycles. The molecule has 0 aromatic heterocycles. The fraction of sp³-hybridized carbons (Fsp3) is 0.385. The fourth-order valence-electron chi connectivity index (χ4n) is 4.36. The number of anilines is 2. The van der Waals surface area contributed by atoms with Gasteiger partial charge < -0.3 is 19.6 Å². The Balaban J connectivity index is 1.27. The summed E-state index contributed by atoms with van der Waals surface area (Å²) in [5, 5.41) is 0. The standard InChI is InChI=1S/C26H32N4S2/c1-3-11-25-23(9-1)29-17-15-27(21-29)13-6-8-20-32-26-12-4-2-10-24(26)30-18-16-28(22-30)14-5-7-19-31-25/h1-4,9-12,15-18H,5-8,13-14,19-22H2. The Labute approximate surface area is 200 Å². The third kappa shape index (κ3) is 5.24. The number of hydrogen-bond acceptors (Lipinski definition) is 6. The van der Waals surface area contributed by atoms with Crippen LogP contribution >= 0.6 is 23.5 Å². The van der Waals surface area contributed by atoms with Gasteiger partial charge in [-0.1, -0.05) is 24.3 Å². The second-order valence-corrected chi connectivity index (χ2v) is 10.8. The highest BCUT2D eigenvalue weighted by Gasteiger charge is 2.18. The quantitative estimate of drug-likeness (QED) is 0.454. The van der Waals surface area contributed by atoms with Gasteiger partial charge in [-0.05, 0) is 61.5 Å². The second-order valence-electron chi connectivity index (χ2n) is 8.49. The van der Waals surface area contributed by atoms with Gasteiger partial charge in [0.15, 0.2) is 0 Å². The highest BCUT2D eigenvalue weighted by molar-refractivity contribution is 7.99. The molecule has 168 valence electrons. The van der Waals surface area contributed by atoms with Gasteiger partial charge in [-0.3, -0.25) is 0 Å². The molecule has 3 aliphatic heterocycles. The lowest BCUT2D eigenvalue weighted by Crippen LogP contribution is -2.26. The van der Waals surface area contributed by atoms with E-state index in [9.17, 15) is 0 Å². The Morgan fingerprint density at radius 1 is 0.531 bits per heavy atom. The molecular weight excluding hydrogens is 432 g/mol. The maximum absolute atomic E-state index is 2.45. The van der Waals surface area contributed by atoms with Crippen LogP contribution in [0, 0.1) is 0 Å². The molecule has 0 atom stereocenters. The molecule has 0 N–H and O–H groups in total. The molecule has 4 nitrogen and oxygen atoms in total. The second kappa shape index (κ2) is 10.6. The summed E-state index contributed by atoms with van der Waals surface area (Å²) >= 11 is 4.00. The minimum absolute atomic E-state index is 0.961. The van der Waals surface area contributed by atoms with Crippen LogP contribution in [0.5, 0.6) is 0 Å². The lowest BCUT2D eigenvalue weighted by atomic mass is 10.3. The van der Waals surface area contributed by atoms with Gasteiger partial charge in [0.2, 0.25) is 0 Å². The number of nitrogens with zero attached hydrogens (tertiary/aromatic N) is 4. The number of benzene rings is 2. The molecule has 32 heavy (non-hydrogen) atoms. The van der Waals surface area contributed by atoms with Crippen molar-refractivity contribution in [3.05, 3.63) is 73.3 Å². The Hall–Kier alpha value is -2.18. The molecule has 0 saturated carbocycles. The first kappa shape index (κ1) is 21.7. The largest absolute Gasteiger partial charge is 0.358 e. The zero-order chi connectivity index (χ0) is 21.6. The number of rotatable bonds is 0. The smallest absolute Gasteiger partial charge is 0.0942 e. The third-order valence-electron chi connectivity index (χ3n) is 6.13. The van der Waals surface area contributed by atoms with Crippen molar-refractivity contribution in [1.29, 1.82) is 0 Å². The van der Waals surface area contributed by atoms with E-state index in [1.807, 2.05) is 23.5 Å². The van der Waals surface area contributed by atoms with E-state index in [0.717, 1.165) is 26.4 Å². The molecule has 3 aliphatic rings. The molecule has 0 amide bonds. The van der Waals surface area contributed by atoms with Gasteiger partial charge >= 0.3 is 0 Å². The minimum atomic E-state index is 0.961. The van der Waals surface area contributed by atoms with Crippen molar-refractivity contribution in [2.75, 3.05) is 47.7 Å². The Morgan fingerprint density at radius 3 is 1.50 bits per heavy atom. The molecule has 2 aromatic carbocycles. The van der Waals surface area contributed by atoms with Gasteiger partial charge in [-0.2, -0.15) is 0 Å². The Kier molecular flexibility index (Phi) is 7.19. The van der Waals surface area contributed by atoms with Gasteiger partial charge in [0, 0.05) is 47.7 Å². The molecule has 0 radical (unpaired) electrons. The summed E-state index contributed by atoms with van der Waals surface area (Å²) in [4.78, 5) is 12.5. The van der Waals surface area contributed by atoms with E-state index in [0.29, 0.717) is 0 Å². The average molecular weight is 465 g/mol. The van der Waals surface area contributed by atoms with Crippen LogP contribution in [0.25, 0.3) is 0 Å². The molecule has 6 heteroatoms. The lowest BCUT2D eigenvalue weighted by Gasteiger charge is -2.24. The van der Waals surface area contributed by atoms with E-state index in [4.69, 9.17) is 0 Å². The first-order chi connectivity index (χ1) is 15.9. The van der Waals surface area contributed by atoms with Crippen LogP contribution < -0.4 is 9.80 Å². The Morgan fingerprint density at radius 2 is 1.00 bits per heavy atom. The zero-order valence-electron chi connectivity index (χ0n) is 18.6. The van der Waals surface area contributed by atoms with E-state index in [-0.39, 0.29) is 0 Å². The van der Waals surface area contributed by atoms with Gasteiger partial charge in [0.1, 0.15) is 0 Å². The maximum atomic E-state index is 2.45. The molecule has 2 aromatic rings. The highest BCUT2D eigenvalue weighted by Crippen LogP contribution is 2.34. The van der Waals surface area contributed by atoms with Gasteiger partial charge in [-0.25, -0.2) is 0 Å². The van der Waals surface area contributed by atoms with Crippen molar-refractivity contribution in [3.63, 3.8) is 0 Å². The first-order valence-electron chi connectivity index (χ1n) is 11.7. The van der Waals surface area contributed by atoms with Crippen LogP contribution in [0.4, 0.5) is 11.4 Å². The van der Waals surface area contributed by atoms with Crippen molar-refractivity contribution in [3.8, 4) is 0 Å². The number of fused-ring (bicyclic) bond motifs is 8. The lowest BCUT2D eigenvalue weighted by molar-refractivity contribution is 0.396. The fourth-order valence-corrected chi connectivity index (χ4v) is 6.52. The zero-order valence-corrected chi connectivity index (χ0v) is 20.2. The van der Waals surface area contributed by atoms with Crippen LogP contribution in [0.3, 0.4) is 0 Å². The molecule has 3 heterocycles. The van der Waals surface area contributed by atoms with E-state index >= 15 is 0 Å². The third-order valence-corrected chi connectivity index (χ3v) is 8.42. The number of thioether (sulfide) groups is 2. The number of para-hydroxylation sites is 2. The molecule has 4 bridgehead atoms. The van der Waals surface area contributed by atoms with Crippen molar-refractivity contribution in [2.45, 2.75) is 35.5 Å². The van der Waals surface area contributed by atoms with Gasteiger partial charge in [0.05, 0.1) is 24.7 Å². The minimum Gasteiger partial charge on any atom is -0.358 e. The molecule has 0 spiro atoms. The number of hydrogen-bond donors (Lipinski definition) is 0. The van der Waals surface area contributed by atoms with E-state index in [2.05, 4.69) is 92.9 Å². The summed E-state index contributed by atoms with van der Waals surface area (Å²) in [5.41, 5.74) is 2.69. The summed E-state index contributed by atoms with van der Waals surface area (Å²) in [6, 6.07) is 17.7. The van der Waals surface area contributed by atoms with Crippen LogP contribution in [0.2, 0.25) is 0 Å². The molecular formula is C26H32N4S2. The maximum Gasteiger partial charge on any atom is 0.0942 e. The predicted molar refractivity (Wildman–Crippen MR) is 139 cm³/mol. The summed E-state index contributed by atoms with van der Waals surface area (Å²) in [6.07, 6.45) is 13.9. The van der Waals surface area contributed by atoms with Gasteiger partial charge in [-0.15, -0.1) is 23.5 Å². The topological polar surface area (TPSA) is 13.0 Å². The van der Waals surface area contributed by atoms with Gasteiger partial charge in [0.25, 0.3) is 0 Å². The molecule has 0 fully saturated rings. The van der Waals surface area contributed by atoms with Crippen LogP contribution in [-0.4, -0.2) is 47.7 Å². The predicted octanol–water partition coefficient (Wildman–Crippen LogP) is 6.25. The molecule has 0 aliphatic carbocycles. The molecule has 5 rings (SSSR count). The van der Waals surface area contributed by atoms with Crippen LogP contribution in [-0.2, 0) is 0 Å². The first-order valence-corrected chi connectivity index (χ1v) is 13.7. The van der Waals surface area contributed by atoms with E-state index < -0.39 is 0 Å². The summed E-state index contributed by atoms with van der Waals surface area (Å²) in [5.74, 6) is 2.33. The highest BCUT2D eigenvalue weighted by atomic mass is 32.2. The normalized spacial score (nSPS) is 19.8. The van der Waals surface area contributed by atoms with Crippen LogP contribution in [0.1, 0.15) is 25.7 Å². The summed E-state index contributed by atoms with van der Waals surface area (Å²) < 4.78 is 0. The average Bonchev–Trinajstić information content (AvgIpc) is 3.49. The van der Waals surface area contributed by atoms with Crippen molar-refractivity contribution >= 4 is 34.9 Å². The summed E-state index contributed by atoms with van der Waals surface area (Å²) in [6.45, 7) is 4.16. The Bertz CT molecular complexity index is 883. The van der Waals surface area contributed by atoms with E-state index in [1.54, 1.807) is 0 Å². The summed E-state index contributed by atoms with van der Waals surface area (Å²) in [7, 11) is 0. The van der Waals surface area contributed by atoms with Crippen molar-refractivity contribution in [1.82, 2.24) is 9.80 Å². The van der Waals surface area contributed by atoms with Crippen molar-refractivity contribution < 1.29 is 0 Å². The SMILES string of the molecule is C1=CN2CN1CCCCSc1ccccc1N1C=CN(CCCCSc3ccccc32)C1. The monoisotopic (exact) mass is 464 g/mol. The van der Waals surface area contributed by atoms with E-state index in [1.165, 1.54) is 58.4 Å².